The number of nitrogens with two attached hydrogens (primary N) is 1. The first-order valence-electron chi connectivity index (χ1n) is 10.4. The van der Waals surface area contributed by atoms with Gasteiger partial charge in [-0.05, 0) is 24.1 Å². The van der Waals surface area contributed by atoms with Crippen LogP contribution in [0.5, 0.6) is 5.75 Å². The van der Waals surface area contributed by atoms with Crippen molar-refractivity contribution in [3.05, 3.63) is 42.5 Å². The van der Waals surface area contributed by atoms with E-state index in [0.29, 0.717) is 30.1 Å². The standard InChI is InChI=1S/C21H26N6O5/c1-2-3-7-31-13-6-4-5-12(8-13)9-23-18-15-19(25-10-24-18)27(11-26-15)20-16(28)14(22)17(32-20)21(29)30/h4-6,8,10-11,14,16-17,20,28H,2-3,7,9,22H2,1H3,(H,29,30)(H,23,24,25)/t14-,16+,17-,20+/m0/s1. The molecule has 11 heteroatoms. The number of anilines is 1. The molecule has 0 bridgehead atoms. The normalized spacial score (nSPS) is 22.8. The summed E-state index contributed by atoms with van der Waals surface area (Å²) in [5, 5.41) is 22.9. The molecule has 1 aliphatic rings. The van der Waals surface area contributed by atoms with Crippen LogP contribution in [0, 0.1) is 0 Å². The molecule has 3 aromatic rings. The van der Waals surface area contributed by atoms with Gasteiger partial charge in [-0.3, -0.25) is 4.57 Å². The molecule has 170 valence electrons. The minimum absolute atomic E-state index is 0.390. The van der Waals surface area contributed by atoms with E-state index in [1.165, 1.54) is 17.2 Å². The van der Waals surface area contributed by atoms with E-state index in [9.17, 15) is 15.0 Å². The first-order chi connectivity index (χ1) is 15.5. The maximum absolute atomic E-state index is 11.3. The number of hydrogen-bond donors (Lipinski definition) is 4. The number of aliphatic hydroxyl groups is 1. The molecule has 11 nitrogen and oxygen atoms in total. The highest BCUT2D eigenvalue weighted by molar-refractivity contribution is 5.82. The molecule has 5 N–H and O–H groups in total. The molecule has 4 atom stereocenters. The number of hydrogen-bond acceptors (Lipinski definition) is 9. The van der Waals surface area contributed by atoms with Crippen molar-refractivity contribution in [3.8, 4) is 5.75 Å². The third-order valence-corrected chi connectivity index (χ3v) is 5.32. The fraction of sp³-hybridized carbons (Fsp3) is 0.429. The lowest BCUT2D eigenvalue weighted by Gasteiger charge is -2.16. The molecule has 0 spiro atoms. The second-order valence-electron chi connectivity index (χ2n) is 7.60. The highest BCUT2D eigenvalue weighted by Crippen LogP contribution is 2.31. The number of nitrogens with one attached hydrogen (secondary N) is 1. The maximum Gasteiger partial charge on any atom is 0.334 e. The summed E-state index contributed by atoms with van der Waals surface area (Å²) in [7, 11) is 0. The van der Waals surface area contributed by atoms with Crippen molar-refractivity contribution in [3.63, 3.8) is 0 Å². The lowest BCUT2D eigenvalue weighted by Crippen LogP contribution is -2.43. The number of unbranched alkanes of at least 4 members (excludes halogenated alkanes) is 1. The number of carboxylic acids is 1. The number of fused-ring (bicyclic) bond motifs is 1. The Morgan fingerprint density at radius 1 is 1.34 bits per heavy atom. The summed E-state index contributed by atoms with van der Waals surface area (Å²) < 4.78 is 12.7. The number of imidazole rings is 1. The van der Waals surface area contributed by atoms with Gasteiger partial charge in [0.1, 0.15) is 18.2 Å². The number of ether oxygens (including phenoxy) is 2. The van der Waals surface area contributed by atoms with Gasteiger partial charge in [-0.2, -0.15) is 0 Å². The van der Waals surface area contributed by atoms with Crippen molar-refractivity contribution in [2.45, 2.75) is 50.8 Å². The zero-order chi connectivity index (χ0) is 22.7. The van der Waals surface area contributed by atoms with Crippen LogP contribution in [0.3, 0.4) is 0 Å². The largest absolute Gasteiger partial charge is 0.494 e. The van der Waals surface area contributed by atoms with Crippen LogP contribution in [0.4, 0.5) is 5.82 Å². The zero-order valence-corrected chi connectivity index (χ0v) is 17.6. The van der Waals surface area contributed by atoms with Gasteiger partial charge in [0.15, 0.2) is 29.3 Å². The van der Waals surface area contributed by atoms with Gasteiger partial charge < -0.3 is 30.7 Å². The van der Waals surface area contributed by atoms with E-state index in [1.54, 1.807) is 0 Å². The van der Waals surface area contributed by atoms with Crippen LogP contribution in [-0.2, 0) is 16.1 Å². The fourth-order valence-corrected chi connectivity index (χ4v) is 3.58. The van der Waals surface area contributed by atoms with Gasteiger partial charge in [0, 0.05) is 6.54 Å². The first-order valence-corrected chi connectivity index (χ1v) is 10.4. The molecule has 0 unspecified atom stereocenters. The van der Waals surface area contributed by atoms with E-state index in [2.05, 4.69) is 27.2 Å². The van der Waals surface area contributed by atoms with Gasteiger partial charge >= 0.3 is 5.97 Å². The smallest absolute Gasteiger partial charge is 0.334 e. The van der Waals surface area contributed by atoms with E-state index in [4.69, 9.17) is 15.2 Å². The first kappa shape index (κ1) is 21.9. The SMILES string of the molecule is CCCCOc1cccc(CNc2ncnc3c2ncn3[C@@H]2O[C@H](C(=O)O)[C@@H](N)[C@H]2O)c1. The van der Waals surface area contributed by atoms with Crippen molar-refractivity contribution in [2.75, 3.05) is 11.9 Å². The molecule has 0 saturated carbocycles. The van der Waals surface area contributed by atoms with Gasteiger partial charge in [-0.25, -0.2) is 19.7 Å². The Labute approximate surface area is 184 Å². The predicted octanol–water partition coefficient (Wildman–Crippen LogP) is 1.29. The Morgan fingerprint density at radius 2 is 2.19 bits per heavy atom. The molecular weight excluding hydrogens is 416 g/mol. The van der Waals surface area contributed by atoms with Crippen molar-refractivity contribution in [1.82, 2.24) is 19.5 Å². The van der Waals surface area contributed by atoms with Gasteiger partial charge in [0.2, 0.25) is 0 Å². The van der Waals surface area contributed by atoms with Crippen molar-refractivity contribution >= 4 is 23.0 Å². The van der Waals surface area contributed by atoms with E-state index in [1.807, 2.05) is 24.3 Å². The quantitative estimate of drug-likeness (QED) is 0.356. The number of carbonyl (C=O) groups is 1. The minimum Gasteiger partial charge on any atom is -0.494 e. The number of carboxylic acid groups (broad SMARTS) is 1. The highest BCUT2D eigenvalue weighted by atomic mass is 16.6. The molecule has 4 rings (SSSR count). The summed E-state index contributed by atoms with van der Waals surface area (Å²) in [4.78, 5) is 24.2. The van der Waals surface area contributed by atoms with Crippen molar-refractivity contribution in [2.24, 2.45) is 5.73 Å². The summed E-state index contributed by atoms with van der Waals surface area (Å²) in [6.07, 6.45) is 1.30. The van der Waals surface area contributed by atoms with Crippen molar-refractivity contribution < 1.29 is 24.5 Å². The molecule has 2 aromatic heterocycles. The maximum atomic E-state index is 11.3. The summed E-state index contributed by atoms with van der Waals surface area (Å²) in [6.45, 7) is 3.28. The van der Waals surface area contributed by atoms with Gasteiger partial charge in [-0.1, -0.05) is 25.5 Å². The third kappa shape index (κ3) is 4.35. The summed E-state index contributed by atoms with van der Waals surface area (Å²) in [5.74, 6) is 0.0746. The van der Waals surface area contributed by atoms with Gasteiger partial charge in [0.25, 0.3) is 0 Å². The molecule has 1 fully saturated rings. The Bertz CT molecular complexity index is 1090. The van der Waals surface area contributed by atoms with E-state index >= 15 is 0 Å². The van der Waals surface area contributed by atoms with E-state index < -0.39 is 30.4 Å². The predicted molar refractivity (Wildman–Crippen MR) is 115 cm³/mol. The average Bonchev–Trinajstić information content (AvgIpc) is 3.34. The second-order valence-corrected chi connectivity index (χ2v) is 7.60. The molecule has 1 saturated heterocycles. The molecular formula is C21H26N6O5. The van der Waals surface area contributed by atoms with E-state index in [-0.39, 0.29) is 0 Å². The number of nitrogens with zero attached hydrogens (tertiary/aromatic N) is 4. The Hall–Kier alpha value is -3.28. The van der Waals surface area contributed by atoms with Crippen LogP contribution in [-0.4, -0.2) is 60.6 Å². The highest BCUT2D eigenvalue weighted by Gasteiger charge is 2.46. The lowest BCUT2D eigenvalue weighted by atomic mass is 10.1. The van der Waals surface area contributed by atoms with Crippen LogP contribution in [0.15, 0.2) is 36.9 Å². The molecule has 32 heavy (non-hydrogen) atoms. The zero-order valence-electron chi connectivity index (χ0n) is 17.6. The fourth-order valence-electron chi connectivity index (χ4n) is 3.58. The number of aliphatic carboxylic acids is 1. The van der Waals surface area contributed by atoms with Crippen LogP contribution >= 0.6 is 0 Å². The molecule has 0 amide bonds. The molecule has 0 aliphatic carbocycles. The Balaban J connectivity index is 1.51. The van der Waals surface area contributed by atoms with Crippen LogP contribution in [0.1, 0.15) is 31.6 Å². The van der Waals surface area contributed by atoms with Crippen LogP contribution < -0.4 is 15.8 Å². The Kier molecular flexibility index (Phi) is 6.49. The minimum atomic E-state index is -1.32. The van der Waals surface area contributed by atoms with Crippen molar-refractivity contribution in [1.29, 1.82) is 0 Å². The molecule has 0 radical (unpaired) electrons. The molecule has 1 aliphatic heterocycles. The Morgan fingerprint density at radius 3 is 2.94 bits per heavy atom. The van der Waals surface area contributed by atoms with E-state index in [0.717, 1.165) is 24.2 Å². The molecule has 3 heterocycles. The average molecular weight is 442 g/mol. The van der Waals surface area contributed by atoms with Gasteiger partial charge in [0.05, 0.1) is 19.0 Å². The number of benzene rings is 1. The van der Waals surface area contributed by atoms with Crippen LogP contribution in [0.25, 0.3) is 11.2 Å². The summed E-state index contributed by atoms with van der Waals surface area (Å²) in [6, 6.07) is 6.74. The lowest BCUT2D eigenvalue weighted by molar-refractivity contribution is -0.152. The number of aliphatic hydroxyl groups excluding tert-OH is 1. The third-order valence-electron chi connectivity index (χ3n) is 5.32. The summed E-state index contributed by atoms with van der Waals surface area (Å²) in [5.41, 5.74) is 7.67. The second kappa shape index (κ2) is 9.47. The summed E-state index contributed by atoms with van der Waals surface area (Å²) >= 11 is 0. The van der Waals surface area contributed by atoms with Crippen LogP contribution in [0.2, 0.25) is 0 Å². The number of aromatic nitrogens is 4. The van der Waals surface area contributed by atoms with Gasteiger partial charge in [-0.15, -0.1) is 0 Å². The molecule has 1 aromatic carbocycles. The topological polar surface area (TPSA) is 158 Å². The number of rotatable bonds is 9. The monoisotopic (exact) mass is 442 g/mol.